The number of esters is 1. The summed E-state index contributed by atoms with van der Waals surface area (Å²) >= 11 is 0. The van der Waals surface area contributed by atoms with Gasteiger partial charge in [0.1, 0.15) is 5.82 Å². The minimum Gasteiger partial charge on any atom is -0.465 e. The number of anilines is 1. The minimum absolute atomic E-state index is 0. The number of benzene rings is 1. The van der Waals surface area contributed by atoms with Gasteiger partial charge in [-0.1, -0.05) is 0 Å². The molecule has 25 heavy (non-hydrogen) atoms. The molecule has 0 aliphatic carbocycles. The second-order valence-corrected chi connectivity index (χ2v) is 7.98. The first-order chi connectivity index (χ1) is 11.2. The van der Waals surface area contributed by atoms with Crippen molar-refractivity contribution in [2.24, 2.45) is 0 Å². The molecule has 0 aromatic heterocycles. The van der Waals surface area contributed by atoms with Gasteiger partial charge in [0.2, 0.25) is 5.91 Å². The maximum Gasteiger partial charge on any atom is 0.337 e. The van der Waals surface area contributed by atoms with Crippen LogP contribution in [0, 0.1) is 5.82 Å². The Balaban J connectivity index is 0.00000312. The summed E-state index contributed by atoms with van der Waals surface area (Å²) in [5, 5.41) is 5.31. The summed E-state index contributed by atoms with van der Waals surface area (Å²) in [5.41, 5.74) is -0.211. The number of carbonyl (C=O) groups is 2. The molecule has 0 saturated carbocycles. The van der Waals surface area contributed by atoms with Crippen LogP contribution in [0.1, 0.15) is 23.2 Å². The molecular formula is C15H20ClFN2O5S. The number of piperidine rings is 1. The number of rotatable bonds is 4. The van der Waals surface area contributed by atoms with Gasteiger partial charge in [0, 0.05) is 6.26 Å². The van der Waals surface area contributed by atoms with Crippen LogP contribution in [0.5, 0.6) is 0 Å². The lowest BCUT2D eigenvalue weighted by Crippen LogP contribution is -2.55. The minimum atomic E-state index is -3.72. The summed E-state index contributed by atoms with van der Waals surface area (Å²) in [6, 6.07) is 3.35. The first kappa shape index (κ1) is 21.3. The Morgan fingerprint density at radius 2 is 1.88 bits per heavy atom. The van der Waals surface area contributed by atoms with E-state index in [1.54, 1.807) is 0 Å². The number of hydrogen-bond acceptors (Lipinski definition) is 6. The number of amides is 1. The van der Waals surface area contributed by atoms with E-state index in [2.05, 4.69) is 15.4 Å². The molecular weight excluding hydrogens is 375 g/mol. The molecule has 7 nitrogen and oxygen atoms in total. The zero-order valence-corrected chi connectivity index (χ0v) is 15.4. The fourth-order valence-corrected chi connectivity index (χ4v) is 4.03. The van der Waals surface area contributed by atoms with Crippen molar-refractivity contribution in [3.8, 4) is 0 Å². The number of ether oxygens (including phenoxy) is 1. The highest BCUT2D eigenvalue weighted by molar-refractivity contribution is 7.92. The summed E-state index contributed by atoms with van der Waals surface area (Å²) in [5.74, 6) is -2.26. The predicted octanol–water partition coefficient (Wildman–Crippen LogP) is 1.14. The third-order valence-electron chi connectivity index (χ3n) is 4.17. The first-order valence-electron chi connectivity index (χ1n) is 7.31. The van der Waals surface area contributed by atoms with E-state index in [4.69, 9.17) is 0 Å². The van der Waals surface area contributed by atoms with Crippen molar-refractivity contribution in [3.63, 3.8) is 0 Å². The van der Waals surface area contributed by atoms with Crippen molar-refractivity contribution < 1.29 is 27.1 Å². The van der Waals surface area contributed by atoms with Gasteiger partial charge < -0.3 is 15.4 Å². The normalized spacial score (nSPS) is 16.4. The van der Waals surface area contributed by atoms with Gasteiger partial charge in [0.15, 0.2) is 14.6 Å². The molecule has 10 heteroatoms. The number of methoxy groups -OCH3 is 1. The first-order valence-corrected chi connectivity index (χ1v) is 9.20. The average Bonchev–Trinajstić information content (AvgIpc) is 2.55. The number of halogens is 2. The van der Waals surface area contributed by atoms with E-state index in [-0.39, 0.29) is 36.5 Å². The predicted molar refractivity (Wildman–Crippen MR) is 93.3 cm³/mol. The van der Waals surface area contributed by atoms with Crippen molar-refractivity contribution in [1.82, 2.24) is 5.32 Å². The van der Waals surface area contributed by atoms with Crippen molar-refractivity contribution >= 4 is 39.8 Å². The molecule has 1 fully saturated rings. The molecule has 1 aromatic carbocycles. The van der Waals surface area contributed by atoms with E-state index in [1.165, 1.54) is 13.2 Å². The van der Waals surface area contributed by atoms with Crippen molar-refractivity contribution in [3.05, 3.63) is 29.6 Å². The molecule has 1 aliphatic heterocycles. The lowest BCUT2D eigenvalue weighted by atomic mass is 9.95. The highest BCUT2D eigenvalue weighted by Gasteiger charge is 2.48. The summed E-state index contributed by atoms with van der Waals surface area (Å²) < 4.78 is 41.3. The molecule has 2 N–H and O–H groups in total. The highest BCUT2D eigenvalue weighted by Crippen LogP contribution is 2.30. The molecule has 0 spiro atoms. The average molecular weight is 395 g/mol. The van der Waals surface area contributed by atoms with Crippen LogP contribution < -0.4 is 10.6 Å². The smallest absolute Gasteiger partial charge is 0.337 e. The second kappa shape index (κ2) is 8.11. The molecule has 2 rings (SSSR count). The SMILES string of the molecule is COC(=O)c1ccc(F)c(NC(=O)C2(S(C)(=O)=O)CCNCC2)c1.Cl. The maximum atomic E-state index is 14.0. The number of nitrogens with one attached hydrogen (secondary N) is 2. The zero-order chi connectivity index (χ0) is 18.0. The van der Waals surface area contributed by atoms with Gasteiger partial charge >= 0.3 is 5.97 Å². The van der Waals surface area contributed by atoms with Gasteiger partial charge in [0.05, 0.1) is 18.4 Å². The highest BCUT2D eigenvalue weighted by atomic mass is 35.5. The Morgan fingerprint density at radius 1 is 1.28 bits per heavy atom. The molecule has 1 saturated heterocycles. The molecule has 0 bridgehead atoms. The third-order valence-corrected chi connectivity index (χ3v) is 6.18. The topological polar surface area (TPSA) is 102 Å². The fraction of sp³-hybridized carbons (Fsp3) is 0.467. The third kappa shape index (κ3) is 4.28. The monoisotopic (exact) mass is 394 g/mol. The number of sulfone groups is 1. The molecule has 1 aromatic rings. The van der Waals surface area contributed by atoms with Crippen molar-refractivity contribution in [1.29, 1.82) is 0 Å². The second-order valence-electron chi connectivity index (χ2n) is 5.66. The van der Waals surface area contributed by atoms with E-state index >= 15 is 0 Å². The lowest BCUT2D eigenvalue weighted by molar-refractivity contribution is -0.119. The van der Waals surface area contributed by atoms with Gasteiger partial charge in [-0.05, 0) is 44.1 Å². The summed E-state index contributed by atoms with van der Waals surface area (Å²) in [6.07, 6.45) is 1.19. The summed E-state index contributed by atoms with van der Waals surface area (Å²) in [6.45, 7) is 0.732. The Bertz CT molecular complexity index is 763. The molecule has 1 aliphatic rings. The molecule has 0 atom stereocenters. The van der Waals surface area contributed by atoms with Crippen LogP contribution >= 0.6 is 12.4 Å². The summed E-state index contributed by atoms with van der Waals surface area (Å²) in [7, 11) is -2.54. The van der Waals surface area contributed by atoms with Crippen LogP contribution in [-0.2, 0) is 19.4 Å². The van der Waals surface area contributed by atoms with E-state index in [0.717, 1.165) is 18.4 Å². The fourth-order valence-electron chi connectivity index (χ4n) is 2.70. The van der Waals surface area contributed by atoms with E-state index in [0.29, 0.717) is 13.1 Å². The standard InChI is InChI=1S/C15H19FN2O5S.ClH/c1-23-13(19)10-3-4-11(16)12(9-10)18-14(20)15(24(2,21)22)5-7-17-8-6-15;/h3-4,9,17H,5-8H2,1-2H3,(H,18,20);1H. The number of hydrogen-bond donors (Lipinski definition) is 2. The van der Waals surface area contributed by atoms with Crippen LogP contribution in [-0.4, -0.2) is 51.5 Å². The molecule has 140 valence electrons. The van der Waals surface area contributed by atoms with Gasteiger partial charge in [-0.25, -0.2) is 17.6 Å². The van der Waals surface area contributed by atoms with E-state index in [1.807, 2.05) is 0 Å². The molecule has 0 unspecified atom stereocenters. The van der Waals surface area contributed by atoms with Crippen LogP contribution in [0.15, 0.2) is 18.2 Å². The van der Waals surface area contributed by atoms with E-state index < -0.39 is 32.3 Å². The lowest BCUT2D eigenvalue weighted by Gasteiger charge is -2.34. The van der Waals surface area contributed by atoms with Gasteiger partial charge in [-0.3, -0.25) is 4.79 Å². The van der Waals surface area contributed by atoms with Crippen molar-refractivity contribution in [2.75, 3.05) is 31.8 Å². The van der Waals surface area contributed by atoms with Gasteiger partial charge in [0.25, 0.3) is 0 Å². The Kier molecular flexibility index (Phi) is 6.92. The largest absolute Gasteiger partial charge is 0.465 e. The Morgan fingerprint density at radius 3 is 2.40 bits per heavy atom. The van der Waals surface area contributed by atoms with Gasteiger partial charge in [-0.15, -0.1) is 12.4 Å². The van der Waals surface area contributed by atoms with Crippen LogP contribution in [0.3, 0.4) is 0 Å². The quantitative estimate of drug-likeness (QED) is 0.742. The van der Waals surface area contributed by atoms with Crippen LogP contribution in [0.25, 0.3) is 0 Å². The van der Waals surface area contributed by atoms with Crippen LogP contribution in [0.4, 0.5) is 10.1 Å². The Labute approximate surface area is 151 Å². The van der Waals surface area contributed by atoms with Crippen LogP contribution in [0.2, 0.25) is 0 Å². The number of carbonyl (C=O) groups excluding carboxylic acids is 2. The summed E-state index contributed by atoms with van der Waals surface area (Å²) in [4.78, 5) is 24.2. The molecule has 0 radical (unpaired) electrons. The maximum absolute atomic E-state index is 14.0. The zero-order valence-electron chi connectivity index (χ0n) is 13.8. The molecule has 1 heterocycles. The Hall–Kier alpha value is -1.71. The molecule has 1 amide bonds. The van der Waals surface area contributed by atoms with E-state index in [9.17, 15) is 22.4 Å². The van der Waals surface area contributed by atoms with Gasteiger partial charge in [-0.2, -0.15) is 0 Å². The van der Waals surface area contributed by atoms with Crippen molar-refractivity contribution in [2.45, 2.75) is 17.6 Å².